The van der Waals surface area contributed by atoms with E-state index < -0.39 is 9.84 Å². The predicted octanol–water partition coefficient (Wildman–Crippen LogP) is 2.38. The second-order valence-electron chi connectivity index (χ2n) is 8.55. The third kappa shape index (κ3) is 4.74. The number of fused-ring (bicyclic) bond motifs is 1. The molecule has 1 atom stereocenters. The average molecular weight is 457 g/mol. The number of imidazole rings is 1. The van der Waals surface area contributed by atoms with Crippen LogP contribution in [0.5, 0.6) is 0 Å². The highest BCUT2D eigenvalue weighted by atomic mass is 32.2. The molecule has 0 radical (unpaired) electrons. The summed E-state index contributed by atoms with van der Waals surface area (Å²) >= 11 is 0. The number of hydrogen-bond donors (Lipinski definition) is 2. The zero-order valence-electron chi connectivity index (χ0n) is 18.5. The van der Waals surface area contributed by atoms with Gasteiger partial charge < -0.3 is 15.2 Å². The van der Waals surface area contributed by atoms with Crippen LogP contribution < -0.4 is 10.2 Å². The molecular weight excluding hydrogens is 428 g/mol. The zero-order chi connectivity index (χ0) is 22.9. The van der Waals surface area contributed by atoms with Crippen molar-refractivity contribution in [2.75, 3.05) is 30.3 Å². The van der Waals surface area contributed by atoms with Gasteiger partial charge in [-0.05, 0) is 30.0 Å². The first-order valence-electron chi connectivity index (χ1n) is 10.8. The Labute approximate surface area is 187 Å². The molecule has 1 aromatic carbocycles. The molecule has 9 nitrogen and oxygen atoms in total. The van der Waals surface area contributed by atoms with Gasteiger partial charge in [0.05, 0.1) is 23.3 Å². The maximum Gasteiger partial charge on any atom is 0.239 e. The number of H-pyrrole nitrogens is 1. The summed E-state index contributed by atoms with van der Waals surface area (Å²) in [5, 5.41) is 2.81. The molecule has 32 heavy (non-hydrogen) atoms. The Morgan fingerprint density at radius 3 is 2.59 bits per heavy atom. The number of nitrogens with zero attached hydrogens (tertiary/aromatic N) is 4. The normalized spacial score (nSPS) is 15.9. The molecule has 1 aliphatic heterocycles. The maximum atomic E-state index is 12.7. The average Bonchev–Trinajstić information content (AvgIpc) is 3.21. The monoisotopic (exact) mass is 456 g/mol. The van der Waals surface area contributed by atoms with Crippen molar-refractivity contribution in [1.29, 1.82) is 0 Å². The predicted molar refractivity (Wildman–Crippen MR) is 123 cm³/mol. The third-order valence-corrected chi connectivity index (χ3v) is 7.45. The van der Waals surface area contributed by atoms with Gasteiger partial charge in [0.25, 0.3) is 0 Å². The standard InChI is InChI=1S/C22H28N6O3S/c1-14(2)21-24-11-17(12-25-21)32(30,31)9-6-15(3)16-4-5-18-19(10-16)27-22(26-18)28-8-7-23-20(29)13-28/h4-5,10-12,14-15H,6-9,13H2,1-3H3,(H,23,29)(H,26,27)/t15-/m0/s1. The molecule has 1 amide bonds. The molecule has 0 saturated carbocycles. The van der Waals surface area contributed by atoms with Crippen molar-refractivity contribution in [3.8, 4) is 0 Å². The lowest BCUT2D eigenvalue weighted by molar-refractivity contribution is -0.120. The number of nitrogens with one attached hydrogen (secondary N) is 2. The summed E-state index contributed by atoms with van der Waals surface area (Å²) in [5.41, 5.74) is 2.71. The number of carbonyl (C=O) groups is 1. The highest BCUT2D eigenvalue weighted by Crippen LogP contribution is 2.26. The van der Waals surface area contributed by atoms with E-state index in [4.69, 9.17) is 0 Å². The Hall–Kier alpha value is -3.01. The number of anilines is 1. The highest BCUT2D eigenvalue weighted by molar-refractivity contribution is 7.91. The van der Waals surface area contributed by atoms with Crippen molar-refractivity contribution >= 4 is 32.7 Å². The molecule has 1 fully saturated rings. The van der Waals surface area contributed by atoms with Crippen LogP contribution in [0.1, 0.15) is 50.4 Å². The van der Waals surface area contributed by atoms with Gasteiger partial charge in [0.2, 0.25) is 11.9 Å². The number of benzene rings is 1. The number of piperazine rings is 1. The minimum Gasteiger partial charge on any atom is -0.353 e. The van der Waals surface area contributed by atoms with E-state index in [0.717, 1.165) is 16.6 Å². The molecule has 0 spiro atoms. The van der Waals surface area contributed by atoms with Crippen molar-refractivity contribution in [2.45, 2.75) is 43.9 Å². The number of aromatic nitrogens is 4. The van der Waals surface area contributed by atoms with Crippen LogP contribution in [0.15, 0.2) is 35.5 Å². The minimum atomic E-state index is -3.46. The molecule has 0 unspecified atom stereocenters. The second-order valence-corrected chi connectivity index (χ2v) is 10.7. The van der Waals surface area contributed by atoms with Gasteiger partial charge in [-0.3, -0.25) is 4.79 Å². The largest absolute Gasteiger partial charge is 0.353 e. The SMILES string of the molecule is CC(C)c1ncc(S(=O)(=O)CC[C@H](C)c2ccc3[nH]c(N4CCNC(=O)C4)nc3c2)cn1. The van der Waals surface area contributed by atoms with Gasteiger partial charge in [0.1, 0.15) is 10.7 Å². The number of rotatable bonds is 7. The molecule has 1 saturated heterocycles. The first kappa shape index (κ1) is 22.2. The van der Waals surface area contributed by atoms with Crippen LogP contribution in [0.2, 0.25) is 0 Å². The summed E-state index contributed by atoms with van der Waals surface area (Å²) in [6.07, 6.45) is 3.28. The Morgan fingerprint density at radius 1 is 1.16 bits per heavy atom. The fourth-order valence-electron chi connectivity index (χ4n) is 3.69. The van der Waals surface area contributed by atoms with Crippen LogP contribution in [-0.2, 0) is 14.6 Å². The summed E-state index contributed by atoms with van der Waals surface area (Å²) in [4.78, 5) is 30.0. The third-order valence-electron chi connectivity index (χ3n) is 5.74. The summed E-state index contributed by atoms with van der Waals surface area (Å²) in [6, 6.07) is 5.93. The Balaban J connectivity index is 1.45. The van der Waals surface area contributed by atoms with Crippen molar-refractivity contribution in [3.05, 3.63) is 42.0 Å². The van der Waals surface area contributed by atoms with Crippen LogP contribution in [0, 0.1) is 0 Å². The number of amides is 1. The van der Waals surface area contributed by atoms with E-state index in [2.05, 4.69) is 25.3 Å². The van der Waals surface area contributed by atoms with Crippen molar-refractivity contribution in [2.24, 2.45) is 0 Å². The first-order valence-corrected chi connectivity index (χ1v) is 12.4. The molecule has 2 aromatic heterocycles. The van der Waals surface area contributed by atoms with E-state index in [-0.39, 0.29) is 34.9 Å². The lowest BCUT2D eigenvalue weighted by Gasteiger charge is -2.25. The Bertz CT molecular complexity index is 1220. The Morgan fingerprint density at radius 2 is 1.91 bits per heavy atom. The van der Waals surface area contributed by atoms with Crippen molar-refractivity contribution in [1.82, 2.24) is 25.3 Å². The molecule has 10 heteroatoms. The molecule has 0 bridgehead atoms. The van der Waals surface area contributed by atoms with E-state index in [1.807, 2.05) is 43.9 Å². The highest BCUT2D eigenvalue weighted by Gasteiger charge is 2.21. The van der Waals surface area contributed by atoms with Gasteiger partial charge in [-0.15, -0.1) is 0 Å². The minimum absolute atomic E-state index is 0.0172. The topological polar surface area (TPSA) is 121 Å². The van der Waals surface area contributed by atoms with E-state index >= 15 is 0 Å². The van der Waals surface area contributed by atoms with Crippen LogP contribution in [-0.4, -0.2) is 59.6 Å². The van der Waals surface area contributed by atoms with E-state index in [1.54, 1.807) is 0 Å². The van der Waals surface area contributed by atoms with Gasteiger partial charge in [0, 0.05) is 31.4 Å². The Kier molecular flexibility index (Phi) is 6.14. The number of carbonyl (C=O) groups excluding carboxylic acids is 1. The number of sulfone groups is 1. The van der Waals surface area contributed by atoms with Crippen LogP contribution in [0.4, 0.5) is 5.95 Å². The molecule has 1 aliphatic rings. The summed E-state index contributed by atoms with van der Waals surface area (Å²) in [6.45, 7) is 7.52. The number of aromatic amines is 1. The molecule has 170 valence electrons. The van der Waals surface area contributed by atoms with Gasteiger partial charge in [-0.25, -0.2) is 23.4 Å². The lowest BCUT2D eigenvalue weighted by Crippen LogP contribution is -2.48. The van der Waals surface area contributed by atoms with Crippen molar-refractivity contribution in [3.63, 3.8) is 0 Å². The van der Waals surface area contributed by atoms with E-state index in [9.17, 15) is 13.2 Å². The quantitative estimate of drug-likeness (QED) is 0.560. The van der Waals surface area contributed by atoms with Crippen molar-refractivity contribution < 1.29 is 13.2 Å². The van der Waals surface area contributed by atoms with Gasteiger partial charge in [-0.2, -0.15) is 0 Å². The van der Waals surface area contributed by atoms with Crippen LogP contribution in [0.3, 0.4) is 0 Å². The van der Waals surface area contributed by atoms with Gasteiger partial charge in [0.15, 0.2) is 9.84 Å². The van der Waals surface area contributed by atoms with Crippen LogP contribution >= 0.6 is 0 Å². The van der Waals surface area contributed by atoms with Gasteiger partial charge in [-0.1, -0.05) is 26.8 Å². The number of hydrogen-bond acceptors (Lipinski definition) is 7. The summed E-state index contributed by atoms with van der Waals surface area (Å²) in [7, 11) is -3.46. The molecule has 2 N–H and O–H groups in total. The smallest absolute Gasteiger partial charge is 0.239 e. The van der Waals surface area contributed by atoms with E-state index in [1.165, 1.54) is 12.4 Å². The van der Waals surface area contributed by atoms with E-state index in [0.29, 0.717) is 31.3 Å². The molecule has 0 aliphatic carbocycles. The fraction of sp³-hybridized carbons (Fsp3) is 0.455. The molecule has 3 heterocycles. The molecule has 3 aromatic rings. The summed E-state index contributed by atoms with van der Waals surface area (Å²) in [5.74, 6) is 1.49. The maximum absolute atomic E-state index is 12.7. The second kappa shape index (κ2) is 8.85. The fourth-order valence-corrected chi connectivity index (χ4v) is 5.01. The molecular formula is C22H28N6O3S. The lowest BCUT2D eigenvalue weighted by atomic mass is 9.98. The zero-order valence-corrected chi connectivity index (χ0v) is 19.3. The van der Waals surface area contributed by atoms with Crippen LogP contribution in [0.25, 0.3) is 11.0 Å². The van der Waals surface area contributed by atoms with Gasteiger partial charge >= 0.3 is 0 Å². The summed E-state index contributed by atoms with van der Waals surface area (Å²) < 4.78 is 25.5. The first-order chi connectivity index (χ1) is 15.2. The molecule has 4 rings (SSSR count).